The molecule has 49 heavy (non-hydrogen) atoms. The summed E-state index contributed by atoms with van der Waals surface area (Å²) in [6.45, 7) is 23.4. The van der Waals surface area contributed by atoms with Gasteiger partial charge in [-0.2, -0.15) is 30.4 Å². The summed E-state index contributed by atoms with van der Waals surface area (Å²) >= 11 is 0. The summed E-state index contributed by atoms with van der Waals surface area (Å²) in [4.78, 5) is 0. The summed E-state index contributed by atoms with van der Waals surface area (Å²) in [7, 11) is 0. The van der Waals surface area contributed by atoms with Gasteiger partial charge in [-0.1, -0.05) is 46.3 Å². The van der Waals surface area contributed by atoms with Crippen LogP contribution in [0.1, 0.15) is 112 Å². The van der Waals surface area contributed by atoms with Crippen molar-refractivity contribution in [1.82, 2.24) is 30.4 Å². The van der Waals surface area contributed by atoms with Crippen molar-refractivity contribution in [3.05, 3.63) is 11.6 Å². The molecule has 6 N–H and O–H groups in total. The normalized spacial score (nSPS) is 25.2. The maximum Gasteiger partial charge on any atom is 2.00 e. The standard InChI is InChI=1S/5C6H13NO.C6H11NO.Zn/c6*1-6-2-4-7(8)5-3-6;/h5*6,8H,2-5H2,1H3;2,8H,3-5H2,1H3;/q;;;;;;+2. The summed E-state index contributed by atoms with van der Waals surface area (Å²) in [5, 5.41) is 61.5. The molecule has 0 unspecified atom stereocenters. The van der Waals surface area contributed by atoms with Crippen LogP contribution in [0.5, 0.6) is 0 Å². The Bertz CT molecular complexity index is 614. The van der Waals surface area contributed by atoms with E-state index in [9.17, 15) is 0 Å². The molecule has 6 aliphatic rings. The predicted molar refractivity (Wildman–Crippen MR) is 191 cm³/mol. The molecule has 12 nitrogen and oxygen atoms in total. The third-order valence-corrected chi connectivity index (χ3v) is 10.2. The molecule has 5 saturated heterocycles. The van der Waals surface area contributed by atoms with E-state index in [1.54, 1.807) is 0 Å². The van der Waals surface area contributed by atoms with Gasteiger partial charge in [-0.25, -0.2) is 0 Å². The van der Waals surface area contributed by atoms with Crippen LogP contribution in [0.2, 0.25) is 0 Å². The first-order chi connectivity index (χ1) is 22.7. The summed E-state index contributed by atoms with van der Waals surface area (Å²) in [6, 6.07) is 0. The van der Waals surface area contributed by atoms with Gasteiger partial charge in [-0.3, -0.25) is 0 Å². The van der Waals surface area contributed by atoms with Crippen LogP contribution < -0.4 is 0 Å². The molecule has 286 valence electrons. The number of nitrogens with zero attached hydrogens (tertiary/aromatic N) is 6. The Kier molecular flexibility index (Phi) is 29.3. The zero-order chi connectivity index (χ0) is 35.9. The van der Waals surface area contributed by atoms with Crippen molar-refractivity contribution in [3.63, 3.8) is 0 Å². The molecule has 13 heteroatoms. The number of hydrogen-bond donors (Lipinski definition) is 6. The summed E-state index contributed by atoms with van der Waals surface area (Å²) in [5.74, 6) is 4.09. The Morgan fingerprint density at radius 2 is 0.592 bits per heavy atom. The Morgan fingerprint density at radius 1 is 0.388 bits per heavy atom. The van der Waals surface area contributed by atoms with Gasteiger partial charge in [0, 0.05) is 78.5 Å². The molecule has 0 aromatic rings. The molecule has 6 heterocycles. The van der Waals surface area contributed by atoms with Crippen LogP contribution >= 0.6 is 0 Å². The molecule has 6 aliphatic heterocycles. The monoisotopic (exact) mass is 753 g/mol. The summed E-state index contributed by atoms with van der Waals surface area (Å²) in [6.07, 6.45) is 14.5. The van der Waals surface area contributed by atoms with Crippen LogP contribution in [0.3, 0.4) is 0 Å². The zero-order valence-corrected chi connectivity index (χ0v) is 35.3. The number of rotatable bonds is 0. The molecule has 0 saturated carbocycles. The third-order valence-electron chi connectivity index (χ3n) is 10.2. The zero-order valence-electron chi connectivity index (χ0n) is 32.3. The van der Waals surface area contributed by atoms with Gasteiger partial charge in [-0.05, 0) is 107 Å². The minimum Gasteiger partial charge on any atom is -0.314 e. The summed E-state index contributed by atoms with van der Waals surface area (Å²) in [5.41, 5.74) is 1.38. The van der Waals surface area contributed by atoms with Gasteiger partial charge >= 0.3 is 19.5 Å². The second-order valence-electron chi connectivity index (χ2n) is 15.4. The third kappa shape index (κ3) is 28.1. The topological polar surface area (TPSA) is 141 Å². The van der Waals surface area contributed by atoms with E-state index in [1.165, 1.54) is 36.0 Å². The molecule has 0 radical (unpaired) electrons. The molecule has 0 aromatic heterocycles. The fourth-order valence-electron chi connectivity index (χ4n) is 5.73. The predicted octanol–water partition coefficient (Wildman–Crippen LogP) is 6.56. The first-order valence-electron chi connectivity index (χ1n) is 19.0. The minimum atomic E-state index is 0. The van der Waals surface area contributed by atoms with Crippen molar-refractivity contribution in [3.8, 4) is 0 Å². The molecular formula is C36H76N6O6Zn+2. The fraction of sp³-hybridized carbons (Fsp3) is 0.944. The quantitative estimate of drug-likeness (QED) is 0.118. The van der Waals surface area contributed by atoms with E-state index in [-0.39, 0.29) is 19.5 Å². The average Bonchev–Trinajstić information content (AvgIpc) is 3.07. The largest absolute Gasteiger partial charge is 2.00 e. The van der Waals surface area contributed by atoms with Gasteiger partial charge in [0.05, 0.1) is 0 Å². The minimum absolute atomic E-state index is 0. The smallest absolute Gasteiger partial charge is 0.314 e. The molecule has 0 amide bonds. The van der Waals surface area contributed by atoms with Crippen LogP contribution in [0.4, 0.5) is 0 Å². The van der Waals surface area contributed by atoms with E-state index < -0.39 is 0 Å². The molecule has 0 atom stereocenters. The van der Waals surface area contributed by atoms with E-state index in [4.69, 9.17) is 31.2 Å². The molecule has 0 aromatic carbocycles. The summed E-state index contributed by atoms with van der Waals surface area (Å²) < 4.78 is 0. The van der Waals surface area contributed by atoms with E-state index in [0.717, 1.165) is 172 Å². The first kappa shape index (κ1) is 48.9. The molecule has 0 spiro atoms. The van der Waals surface area contributed by atoms with Crippen molar-refractivity contribution in [1.29, 1.82) is 0 Å². The van der Waals surface area contributed by atoms with Crippen molar-refractivity contribution in [2.75, 3.05) is 78.5 Å². The Morgan fingerprint density at radius 3 is 0.714 bits per heavy atom. The van der Waals surface area contributed by atoms with Crippen LogP contribution in [0.25, 0.3) is 0 Å². The fourth-order valence-corrected chi connectivity index (χ4v) is 5.73. The van der Waals surface area contributed by atoms with Crippen molar-refractivity contribution in [2.24, 2.45) is 29.6 Å². The number of piperidine rings is 5. The second kappa shape index (κ2) is 29.4. The number of hydrogen-bond acceptors (Lipinski definition) is 12. The van der Waals surface area contributed by atoms with Gasteiger partial charge in [0.2, 0.25) is 0 Å². The molecule has 6 rings (SSSR count). The van der Waals surface area contributed by atoms with E-state index in [0.29, 0.717) is 6.54 Å². The Labute approximate surface area is 312 Å². The van der Waals surface area contributed by atoms with Crippen molar-refractivity contribution >= 4 is 0 Å². The maximum atomic E-state index is 8.86. The first-order valence-corrected chi connectivity index (χ1v) is 19.0. The van der Waals surface area contributed by atoms with Crippen LogP contribution in [0.15, 0.2) is 11.6 Å². The van der Waals surface area contributed by atoms with E-state index in [1.807, 2.05) is 6.08 Å². The Balaban J connectivity index is 0.000000562. The molecule has 5 fully saturated rings. The molecule has 0 aliphatic carbocycles. The maximum absolute atomic E-state index is 8.86. The van der Waals surface area contributed by atoms with Crippen molar-refractivity contribution in [2.45, 2.75) is 112 Å². The van der Waals surface area contributed by atoms with Crippen LogP contribution in [-0.2, 0) is 19.5 Å². The SMILES string of the molecule is CC1=CCN(O)CC1.CC1CCN(O)CC1.CC1CCN(O)CC1.CC1CCN(O)CC1.CC1CCN(O)CC1.CC1CCN(O)CC1.[Zn+2]. The van der Waals surface area contributed by atoms with Gasteiger partial charge < -0.3 is 31.2 Å². The Hall–Kier alpha value is -0.117. The average molecular weight is 754 g/mol. The van der Waals surface area contributed by atoms with Gasteiger partial charge in [0.25, 0.3) is 0 Å². The van der Waals surface area contributed by atoms with Gasteiger partial charge in [-0.15, -0.1) is 0 Å². The van der Waals surface area contributed by atoms with E-state index >= 15 is 0 Å². The van der Waals surface area contributed by atoms with Crippen LogP contribution in [0, 0.1) is 29.6 Å². The van der Waals surface area contributed by atoms with Crippen LogP contribution in [-0.4, -0.2) is 140 Å². The number of hydroxylamine groups is 12. The second-order valence-corrected chi connectivity index (χ2v) is 15.4. The molecular weight excluding hydrogens is 678 g/mol. The van der Waals surface area contributed by atoms with Gasteiger partial charge in [0.15, 0.2) is 0 Å². The molecule has 0 bridgehead atoms. The van der Waals surface area contributed by atoms with E-state index in [2.05, 4.69) is 41.5 Å². The van der Waals surface area contributed by atoms with Gasteiger partial charge in [0.1, 0.15) is 0 Å². The van der Waals surface area contributed by atoms with Crippen molar-refractivity contribution < 1.29 is 50.7 Å².